The zero-order chi connectivity index (χ0) is 5.54. The molecule has 0 aliphatic carbocycles. The second-order valence-corrected chi connectivity index (χ2v) is 2.26. The van der Waals surface area contributed by atoms with E-state index < -0.39 is 0 Å². The Bertz CT molecular complexity index is 28.9. The third-order valence-corrected chi connectivity index (χ3v) is 1.39. The van der Waals surface area contributed by atoms with Crippen LogP contribution in [0.4, 0.5) is 0 Å². The summed E-state index contributed by atoms with van der Waals surface area (Å²) in [6.45, 7) is 0.148. The SMILES string of the molecule is [O-]CCSCCO. The second-order valence-electron chi connectivity index (χ2n) is 1.04. The fourth-order valence-electron chi connectivity index (χ4n) is 0.226. The highest BCUT2D eigenvalue weighted by atomic mass is 32.2. The van der Waals surface area contributed by atoms with Crippen molar-refractivity contribution in [1.29, 1.82) is 0 Å². The summed E-state index contributed by atoms with van der Waals surface area (Å²) in [6.07, 6.45) is 0. The molecule has 0 radical (unpaired) electrons. The molecule has 0 saturated heterocycles. The molecule has 0 fully saturated rings. The first kappa shape index (κ1) is 7.27. The van der Waals surface area contributed by atoms with E-state index in [9.17, 15) is 5.11 Å². The van der Waals surface area contributed by atoms with Gasteiger partial charge in [0, 0.05) is 5.75 Å². The monoisotopic (exact) mass is 121 g/mol. The predicted molar refractivity (Wildman–Crippen MR) is 29.3 cm³/mol. The maximum absolute atomic E-state index is 9.70. The number of aliphatic hydroxyl groups is 1. The van der Waals surface area contributed by atoms with Gasteiger partial charge < -0.3 is 10.2 Å². The van der Waals surface area contributed by atoms with Crippen LogP contribution in [-0.2, 0) is 0 Å². The normalized spacial score (nSPS) is 9.43. The minimum Gasteiger partial charge on any atom is -0.854 e. The van der Waals surface area contributed by atoms with Gasteiger partial charge >= 0.3 is 0 Å². The van der Waals surface area contributed by atoms with E-state index in [4.69, 9.17) is 5.11 Å². The lowest BCUT2D eigenvalue weighted by Crippen LogP contribution is -2.08. The van der Waals surface area contributed by atoms with E-state index in [1.165, 1.54) is 11.8 Å². The summed E-state index contributed by atoms with van der Waals surface area (Å²) in [5.74, 6) is 1.32. The van der Waals surface area contributed by atoms with Crippen LogP contribution in [0.5, 0.6) is 0 Å². The molecule has 0 aliphatic rings. The Kier molecular flexibility index (Phi) is 6.51. The molecule has 0 bridgehead atoms. The van der Waals surface area contributed by atoms with E-state index >= 15 is 0 Å². The molecule has 0 spiro atoms. The molecule has 0 rings (SSSR count). The summed E-state index contributed by atoms with van der Waals surface area (Å²) in [5, 5.41) is 17.9. The van der Waals surface area contributed by atoms with Gasteiger partial charge in [0.1, 0.15) is 0 Å². The van der Waals surface area contributed by atoms with E-state index in [2.05, 4.69) is 0 Å². The van der Waals surface area contributed by atoms with Crippen molar-refractivity contribution in [3.05, 3.63) is 0 Å². The van der Waals surface area contributed by atoms with Crippen LogP contribution in [-0.4, -0.2) is 29.8 Å². The van der Waals surface area contributed by atoms with Crippen LogP contribution >= 0.6 is 11.8 Å². The lowest BCUT2D eigenvalue weighted by Gasteiger charge is -1.99. The highest BCUT2D eigenvalue weighted by Gasteiger charge is 1.77. The van der Waals surface area contributed by atoms with Crippen LogP contribution in [0.25, 0.3) is 0 Å². The third-order valence-electron chi connectivity index (χ3n) is 0.463. The number of hydrogen-bond donors (Lipinski definition) is 1. The maximum Gasteiger partial charge on any atom is 0.0521 e. The fourth-order valence-corrected chi connectivity index (χ4v) is 0.677. The Hall–Kier alpha value is 0.270. The van der Waals surface area contributed by atoms with Crippen molar-refractivity contribution in [2.45, 2.75) is 0 Å². The van der Waals surface area contributed by atoms with Gasteiger partial charge in [0.05, 0.1) is 6.61 Å². The van der Waals surface area contributed by atoms with Crippen molar-refractivity contribution in [3.63, 3.8) is 0 Å². The molecule has 0 heterocycles. The van der Waals surface area contributed by atoms with Crippen molar-refractivity contribution in [2.75, 3.05) is 24.7 Å². The van der Waals surface area contributed by atoms with Crippen LogP contribution < -0.4 is 5.11 Å². The van der Waals surface area contributed by atoms with Gasteiger partial charge in [-0.15, -0.1) is 6.61 Å². The summed E-state index contributed by atoms with van der Waals surface area (Å²) in [4.78, 5) is 0. The first-order chi connectivity index (χ1) is 3.41. The van der Waals surface area contributed by atoms with E-state index in [-0.39, 0.29) is 13.2 Å². The van der Waals surface area contributed by atoms with Crippen molar-refractivity contribution in [2.24, 2.45) is 0 Å². The average Bonchev–Trinajstić information content (AvgIpc) is 1.69. The Balaban J connectivity index is 2.45. The highest BCUT2D eigenvalue weighted by molar-refractivity contribution is 7.99. The lowest BCUT2D eigenvalue weighted by molar-refractivity contribution is -0.360. The fraction of sp³-hybridized carbons (Fsp3) is 1.00. The molecule has 1 N–H and O–H groups in total. The van der Waals surface area contributed by atoms with Gasteiger partial charge in [-0.25, -0.2) is 0 Å². The van der Waals surface area contributed by atoms with Gasteiger partial charge in [-0.2, -0.15) is 11.8 Å². The maximum atomic E-state index is 9.70. The molecule has 2 nitrogen and oxygen atoms in total. The van der Waals surface area contributed by atoms with Crippen LogP contribution in [0.3, 0.4) is 0 Å². The summed E-state index contributed by atoms with van der Waals surface area (Å²) in [5.41, 5.74) is 0. The third kappa shape index (κ3) is 6.27. The molecule has 3 heteroatoms. The first-order valence-corrected chi connectivity index (χ1v) is 3.34. The molecule has 44 valence electrons. The van der Waals surface area contributed by atoms with Gasteiger partial charge in [-0.05, 0) is 5.75 Å². The summed E-state index contributed by atoms with van der Waals surface area (Å²) in [6, 6.07) is 0. The second kappa shape index (κ2) is 6.27. The Labute approximate surface area is 47.5 Å². The molecule has 0 aromatic carbocycles. The van der Waals surface area contributed by atoms with Gasteiger partial charge in [-0.3, -0.25) is 0 Å². The molecule has 0 aliphatic heterocycles. The first-order valence-electron chi connectivity index (χ1n) is 2.18. The van der Waals surface area contributed by atoms with E-state index in [0.29, 0.717) is 11.5 Å². The van der Waals surface area contributed by atoms with Crippen molar-refractivity contribution < 1.29 is 10.2 Å². The van der Waals surface area contributed by atoms with E-state index in [0.717, 1.165) is 0 Å². The minimum absolute atomic E-state index is 0.0370. The largest absolute Gasteiger partial charge is 0.854 e. The number of rotatable bonds is 4. The van der Waals surface area contributed by atoms with E-state index in [1.54, 1.807) is 0 Å². The predicted octanol–water partition coefficient (Wildman–Crippen LogP) is -0.928. The van der Waals surface area contributed by atoms with Crippen LogP contribution in [0.1, 0.15) is 0 Å². The topological polar surface area (TPSA) is 43.3 Å². The number of aliphatic hydroxyl groups excluding tert-OH is 1. The van der Waals surface area contributed by atoms with Crippen LogP contribution in [0.15, 0.2) is 0 Å². The van der Waals surface area contributed by atoms with Gasteiger partial charge in [-0.1, -0.05) is 0 Å². The smallest absolute Gasteiger partial charge is 0.0521 e. The molecule has 0 aromatic rings. The zero-order valence-corrected chi connectivity index (χ0v) is 4.91. The minimum atomic E-state index is -0.0370. The van der Waals surface area contributed by atoms with Crippen molar-refractivity contribution >= 4 is 11.8 Å². The molecule has 0 amide bonds. The summed E-state index contributed by atoms with van der Waals surface area (Å²) in [7, 11) is 0. The molecule has 0 aromatic heterocycles. The molecule has 0 atom stereocenters. The Morgan fingerprint density at radius 2 is 2.14 bits per heavy atom. The summed E-state index contributed by atoms with van der Waals surface area (Å²) < 4.78 is 0. The molecule has 0 saturated carbocycles. The van der Waals surface area contributed by atoms with Gasteiger partial charge in [0.15, 0.2) is 0 Å². The van der Waals surface area contributed by atoms with E-state index in [1.807, 2.05) is 0 Å². The number of hydrogen-bond acceptors (Lipinski definition) is 3. The van der Waals surface area contributed by atoms with Crippen LogP contribution in [0, 0.1) is 0 Å². The highest BCUT2D eigenvalue weighted by Crippen LogP contribution is 1.93. The standard InChI is InChI=1S/C4H9O2S/c5-1-3-7-4-2-6/h5H,1-4H2/q-1. The lowest BCUT2D eigenvalue weighted by atomic mass is 10.9. The molecule has 0 unspecified atom stereocenters. The van der Waals surface area contributed by atoms with Crippen LogP contribution in [0.2, 0.25) is 0 Å². The summed E-state index contributed by atoms with van der Waals surface area (Å²) >= 11 is 1.49. The Morgan fingerprint density at radius 1 is 1.43 bits per heavy atom. The van der Waals surface area contributed by atoms with Gasteiger partial charge in [0.25, 0.3) is 0 Å². The number of thioether (sulfide) groups is 1. The molecular weight excluding hydrogens is 112 g/mol. The zero-order valence-electron chi connectivity index (χ0n) is 4.09. The van der Waals surface area contributed by atoms with Crippen molar-refractivity contribution in [1.82, 2.24) is 0 Å². The quantitative estimate of drug-likeness (QED) is 0.489. The van der Waals surface area contributed by atoms with Gasteiger partial charge in [0.2, 0.25) is 0 Å². The van der Waals surface area contributed by atoms with Crippen molar-refractivity contribution in [3.8, 4) is 0 Å². The Morgan fingerprint density at radius 3 is 2.57 bits per heavy atom. The molecule has 7 heavy (non-hydrogen) atoms. The average molecular weight is 121 g/mol. The molecular formula is C4H9O2S-.